The smallest absolute Gasteiger partial charge is 0.316 e. The number of rotatable bonds is 3. The molecule has 0 unspecified atom stereocenters. The van der Waals surface area contributed by atoms with Crippen LogP contribution in [0, 0.1) is 22.0 Å². The fourth-order valence-electron chi connectivity index (χ4n) is 3.71. The van der Waals surface area contributed by atoms with Gasteiger partial charge >= 0.3 is 5.97 Å². The highest BCUT2D eigenvalue weighted by atomic mass is 16.6. The molecule has 136 valence electrons. The van der Waals surface area contributed by atoms with E-state index in [4.69, 9.17) is 4.74 Å². The van der Waals surface area contributed by atoms with Gasteiger partial charge in [-0.25, -0.2) is 0 Å². The normalized spacial score (nSPS) is 25.4. The number of hydrogen-bond donors (Lipinski definition) is 1. The van der Waals surface area contributed by atoms with Gasteiger partial charge in [0.25, 0.3) is 5.69 Å². The van der Waals surface area contributed by atoms with E-state index >= 15 is 0 Å². The number of benzene rings is 1. The van der Waals surface area contributed by atoms with E-state index in [1.54, 1.807) is 19.1 Å². The fraction of sp³-hybridized carbons (Fsp3) is 0.389. The number of carbonyl (C=O) groups excluding carboxylic acids is 3. The van der Waals surface area contributed by atoms with Crippen molar-refractivity contribution in [3.63, 3.8) is 0 Å². The van der Waals surface area contributed by atoms with Crippen LogP contribution in [-0.2, 0) is 19.1 Å². The summed E-state index contributed by atoms with van der Waals surface area (Å²) in [6.07, 6.45) is 0.431. The van der Waals surface area contributed by atoms with Crippen molar-refractivity contribution in [2.45, 2.75) is 25.7 Å². The summed E-state index contributed by atoms with van der Waals surface area (Å²) in [5, 5.41) is 13.6. The largest absolute Gasteiger partial charge is 0.468 e. The number of nitrogens with zero attached hydrogens (tertiary/aromatic N) is 1. The number of nitro benzene ring substituents is 1. The monoisotopic (exact) mass is 358 g/mol. The van der Waals surface area contributed by atoms with Crippen molar-refractivity contribution in [1.29, 1.82) is 0 Å². The van der Waals surface area contributed by atoms with Crippen LogP contribution in [0.2, 0.25) is 0 Å². The van der Waals surface area contributed by atoms with Crippen LogP contribution in [0.5, 0.6) is 0 Å². The van der Waals surface area contributed by atoms with Crippen LogP contribution < -0.4 is 5.32 Å². The summed E-state index contributed by atoms with van der Waals surface area (Å²) in [7, 11) is 1.24. The minimum atomic E-state index is -0.908. The molecule has 3 atom stereocenters. The molecule has 1 N–H and O–H groups in total. The number of allylic oxidation sites excluding steroid dienone is 2. The Morgan fingerprint density at radius 3 is 2.46 bits per heavy atom. The predicted octanol–water partition coefficient (Wildman–Crippen LogP) is 1.85. The molecule has 0 spiro atoms. The number of amides is 1. The number of esters is 1. The Morgan fingerprint density at radius 2 is 1.88 bits per heavy atom. The van der Waals surface area contributed by atoms with Crippen LogP contribution >= 0.6 is 0 Å². The molecule has 1 aromatic rings. The number of methoxy groups -OCH3 is 1. The molecule has 0 bridgehead atoms. The molecule has 2 aliphatic rings. The first-order valence-corrected chi connectivity index (χ1v) is 8.22. The lowest BCUT2D eigenvalue weighted by Gasteiger charge is -2.36. The summed E-state index contributed by atoms with van der Waals surface area (Å²) in [6, 6.07) is 5.78. The number of Topliss-reactive ketones (excluding diaryl/α,β-unsaturated/α-hetero) is 1. The Labute approximate surface area is 149 Å². The van der Waals surface area contributed by atoms with Crippen molar-refractivity contribution in [2.24, 2.45) is 11.8 Å². The summed E-state index contributed by atoms with van der Waals surface area (Å²) in [5.74, 6) is -2.89. The number of nitro groups is 1. The summed E-state index contributed by atoms with van der Waals surface area (Å²) in [5.41, 5.74) is 1.48. The van der Waals surface area contributed by atoms with Gasteiger partial charge in [-0.3, -0.25) is 24.5 Å². The number of non-ortho nitro benzene ring substituents is 1. The Kier molecular flexibility index (Phi) is 4.58. The van der Waals surface area contributed by atoms with E-state index in [-0.39, 0.29) is 29.7 Å². The van der Waals surface area contributed by atoms with E-state index < -0.39 is 22.7 Å². The molecule has 0 aromatic heterocycles. The predicted molar refractivity (Wildman–Crippen MR) is 89.9 cm³/mol. The lowest BCUT2D eigenvalue weighted by molar-refractivity contribution is -0.384. The molecule has 1 amide bonds. The summed E-state index contributed by atoms with van der Waals surface area (Å²) >= 11 is 0. The van der Waals surface area contributed by atoms with Gasteiger partial charge in [0.1, 0.15) is 5.92 Å². The first-order chi connectivity index (χ1) is 12.3. The molecule has 26 heavy (non-hydrogen) atoms. The average molecular weight is 358 g/mol. The topological polar surface area (TPSA) is 116 Å². The van der Waals surface area contributed by atoms with Gasteiger partial charge in [0, 0.05) is 35.7 Å². The van der Waals surface area contributed by atoms with Crippen molar-refractivity contribution < 1.29 is 24.0 Å². The third-order valence-electron chi connectivity index (χ3n) is 4.96. The highest BCUT2D eigenvalue weighted by Crippen LogP contribution is 2.42. The van der Waals surface area contributed by atoms with Gasteiger partial charge in [-0.05, 0) is 17.9 Å². The first kappa shape index (κ1) is 17.8. The molecule has 1 aliphatic carbocycles. The molecular weight excluding hydrogens is 340 g/mol. The van der Waals surface area contributed by atoms with E-state index in [0.717, 1.165) is 0 Å². The van der Waals surface area contributed by atoms with Gasteiger partial charge < -0.3 is 10.1 Å². The van der Waals surface area contributed by atoms with Gasteiger partial charge in [-0.15, -0.1) is 0 Å². The Hall–Kier alpha value is -3.03. The summed E-state index contributed by atoms with van der Waals surface area (Å²) < 4.78 is 4.77. The maximum Gasteiger partial charge on any atom is 0.316 e. The zero-order valence-corrected chi connectivity index (χ0v) is 14.4. The van der Waals surface area contributed by atoms with Crippen molar-refractivity contribution in [2.75, 3.05) is 7.11 Å². The maximum atomic E-state index is 13.0. The second-order valence-corrected chi connectivity index (χ2v) is 6.59. The standard InChI is InChI=1S/C18H18N2O6/c1-9-7-13-16(17(22)15(9)18(23)26-2)12(8-14(21)19-13)10-3-5-11(6-4-10)20(24)25/h3-6,9,12,15H,7-8H2,1-2H3,(H,19,21)/t9-,12+,15-/m1/s1. The van der Waals surface area contributed by atoms with E-state index in [1.807, 2.05) is 0 Å². The molecule has 1 heterocycles. The molecule has 0 radical (unpaired) electrons. The lowest BCUT2D eigenvalue weighted by Crippen LogP contribution is -2.44. The quantitative estimate of drug-likeness (QED) is 0.381. The average Bonchev–Trinajstić information content (AvgIpc) is 2.60. The number of carbonyl (C=O) groups is 3. The second-order valence-electron chi connectivity index (χ2n) is 6.59. The van der Waals surface area contributed by atoms with Crippen molar-refractivity contribution >= 4 is 23.3 Å². The molecule has 8 nitrogen and oxygen atoms in total. The minimum Gasteiger partial charge on any atom is -0.468 e. The maximum absolute atomic E-state index is 13.0. The third kappa shape index (κ3) is 2.98. The molecule has 1 aliphatic heterocycles. The Bertz CT molecular complexity index is 827. The SMILES string of the molecule is COC(=O)[C@H]1C(=O)C2=C(C[C@H]1C)NC(=O)C[C@H]2c1ccc([N+](=O)[O-])cc1. The lowest BCUT2D eigenvalue weighted by atomic mass is 9.70. The number of ketones is 1. The zero-order chi connectivity index (χ0) is 19.0. The van der Waals surface area contributed by atoms with Gasteiger partial charge in [0.05, 0.1) is 12.0 Å². The summed E-state index contributed by atoms with van der Waals surface area (Å²) in [6.45, 7) is 1.77. The van der Waals surface area contributed by atoms with Crippen molar-refractivity contribution in [3.8, 4) is 0 Å². The highest BCUT2D eigenvalue weighted by molar-refractivity contribution is 6.11. The highest BCUT2D eigenvalue weighted by Gasteiger charge is 2.45. The van der Waals surface area contributed by atoms with E-state index in [9.17, 15) is 24.5 Å². The third-order valence-corrected chi connectivity index (χ3v) is 4.96. The molecule has 0 saturated heterocycles. The molecular formula is C18H18N2O6. The summed E-state index contributed by atoms with van der Waals surface area (Å²) in [4.78, 5) is 47.5. The fourth-order valence-corrected chi connectivity index (χ4v) is 3.71. The Balaban J connectivity index is 2.04. The second kappa shape index (κ2) is 6.70. The van der Waals surface area contributed by atoms with E-state index in [1.165, 1.54) is 19.2 Å². The van der Waals surface area contributed by atoms with Crippen LogP contribution in [-0.4, -0.2) is 29.7 Å². The van der Waals surface area contributed by atoms with Gasteiger partial charge in [0.2, 0.25) is 5.91 Å². The molecule has 3 rings (SSSR count). The van der Waals surface area contributed by atoms with Crippen LogP contribution in [0.4, 0.5) is 5.69 Å². The van der Waals surface area contributed by atoms with Crippen molar-refractivity contribution in [1.82, 2.24) is 5.32 Å². The van der Waals surface area contributed by atoms with Crippen LogP contribution in [0.25, 0.3) is 0 Å². The minimum absolute atomic E-state index is 0.0463. The van der Waals surface area contributed by atoms with Gasteiger partial charge in [-0.1, -0.05) is 19.1 Å². The van der Waals surface area contributed by atoms with Crippen molar-refractivity contribution in [3.05, 3.63) is 51.2 Å². The molecule has 0 fully saturated rings. The van der Waals surface area contributed by atoms with E-state index in [2.05, 4.69) is 5.32 Å². The van der Waals surface area contributed by atoms with Gasteiger partial charge in [-0.2, -0.15) is 0 Å². The zero-order valence-electron chi connectivity index (χ0n) is 14.4. The molecule has 0 saturated carbocycles. The van der Waals surface area contributed by atoms with E-state index in [0.29, 0.717) is 23.3 Å². The number of ether oxygens (including phenoxy) is 1. The van der Waals surface area contributed by atoms with Crippen LogP contribution in [0.3, 0.4) is 0 Å². The van der Waals surface area contributed by atoms with Crippen LogP contribution in [0.1, 0.15) is 31.2 Å². The van der Waals surface area contributed by atoms with Gasteiger partial charge in [0.15, 0.2) is 5.78 Å². The first-order valence-electron chi connectivity index (χ1n) is 8.22. The molecule has 8 heteroatoms. The number of nitrogens with one attached hydrogen (secondary N) is 1. The Morgan fingerprint density at radius 1 is 1.23 bits per heavy atom. The number of hydrogen-bond acceptors (Lipinski definition) is 6. The van der Waals surface area contributed by atoms with Crippen LogP contribution in [0.15, 0.2) is 35.5 Å². The molecule has 1 aromatic carbocycles.